The van der Waals surface area contributed by atoms with Gasteiger partial charge in [-0.25, -0.2) is 14.4 Å². The normalized spacial score (nSPS) is 10.6. The van der Waals surface area contributed by atoms with Crippen LogP contribution in [0.15, 0.2) is 34.4 Å². The van der Waals surface area contributed by atoms with Gasteiger partial charge in [-0.1, -0.05) is 0 Å². The molecule has 0 radical (unpaired) electrons. The van der Waals surface area contributed by atoms with E-state index in [-0.39, 0.29) is 11.3 Å². The highest BCUT2D eigenvalue weighted by Crippen LogP contribution is 2.23. The van der Waals surface area contributed by atoms with E-state index >= 15 is 0 Å². The fourth-order valence-corrected chi connectivity index (χ4v) is 1.87. The summed E-state index contributed by atoms with van der Waals surface area (Å²) in [6.45, 7) is 0. The topological polar surface area (TPSA) is 90.9 Å². The van der Waals surface area contributed by atoms with Crippen LogP contribution in [0.1, 0.15) is 10.4 Å². The van der Waals surface area contributed by atoms with Crippen LogP contribution in [-0.2, 0) is 23.8 Å². The zero-order chi connectivity index (χ0) is 16.7. The number of anilines is 1. The minimum atomic E-state index is -0.757. The highest BCUT2D eigenvalue weighted by molar-refractivity contribution is 9.10. The van der Waals surface area contributed by atoms with E-state index in [0.717, 1.165) is 6.08 Å². The second kappa shape index (κ2) is 8.18. The highest BCUT2D eigenvalue weighted by atomic mass is 79.9. The number of benzene rings is 1. The van der Waals surface area contributed by atoms with Crippen LogP contribution in [0.2, 0.25) is 0 Å². The molecule has 118 valence electrons. The molecule has 0 aliphatic carbocycles. The maximum absolute atomic E-state index is 11.6. The molecular weight excluding hydrogens is 358 g/mol. The van der Waals surface area contributed by atoms with Crippen LogP contribution in [-0.4, -0.2) is 39.2 Å². The molecule has 0 aromatic heterocycles. The maximum atomic E-state index is 11.6. The molecule has 8 heteroatoms. The van der Waals surface area contributed by atoms with Crippen LogP contribution >= 0.6 is 15.9 Å². The van der Waals surface area contributed by atoms with Gasteiger partial charge in [0, 0.05) is 10.2 Å². The van der Waals surface area contributed by atoms with Gasteiger partial charge >= 0.3 is 17.9 Å². The summed E-state index contributed by atoms with van der Waals surface area (Å²) in [6.07, 6.45) is 0.950. The number of rotatable bonds is 5. The number of ether oxygens (including phenoxy) is 3. The van der Waals surface area contributed by atoms with Gasteiger partial charge in [0.05, 0.1) is 33.0 Å². The minimum absolute atomic E-state index is 0.132. The van der Waals surface area contributed by atoms with Crippen molar-refractivity contribution in [2.24, 2.45) is 0 Å². The molecule has 0 saturated carbocycles. The third-order valence-electron chi connectivity index (χ3n) is 2.52. The Hall–Kier alpha value is -2.35. The van der Waals surface area contributed by atoms with E-state index in [2.05, 4.69) is 35.5 Å². The fraction of sp³-hybridized carbons (Fsp3) is 0.214. The van der Waals surface area contributed by atoms with Crippen molar-refractivity contribution in [1.29, 1.82) is 0 Å². The molecule has 0 aliphatic rings. The van der Waals surface area contributed by atoms with Crippen molar-refractivity contribution < 1.29 is 28.6 Å². The number of hydrogen-bond donors (Lipinski definition) is 1. The number of carbonyl (C=O) groups excluding carboxylic acids is 3. The minimum Gasteiger partial charge on any atom is -0.466 e. The number of esters is 3. The van der Waals surface area contributed by atoms with Crippen molar-refractivity contribution in [2.75, 3.05) is 26.6 Å². The molecule has 1 aromatic carbocycles. The summed E-state index contributed by atoms with van der Waals surface area (Å²) in [7, 11) is 3.62. The Morgan fingerprint density at radius 1 is 1.09 bits per heavy atom. The quantitative estimate of drug-likeness (QED) is 0.479. The lowest BCUT2D eigenvalue weighted by atomic mass is 10.2. The molecule has 1 N–H and O–H groups in total. The monoisotopic (exact) mass is 371 g/mol. The molecule has 1 rings (SSSR count). The van der Waals surface area contributed by atoms with Crippen molar-refractivity contribution in [1.82, 2.24) is 0 Å². The second-order valence-electron chi connectivity index (χ2n) is 3.88. The van der Waals surface area contributed by atoms with E-state index in [1.165, 1.54) is 27.4 Å². The largest absolute Gasteiger partial charge is 0.466 e. The van der Waals surface area contributed by atoms with Crippen LogP contribution in [0.4, 0.5) is 5.69 Å². The number of carbonyl (C=O) groups is 3. The van der Waals surface area contributed by atoms with Crippen LogP contribution in [0.5, 0.6) is 0 Å². The Balaban J connectivity index is 3.14. The summed E-state index contributed by atoms with van der Waals surface area (Å²) in [5.41, 5.74) is 0.520. The van der Waals surface area contributed by atoms with Gasteiger partial charge in [0.25, 0.3) is 0 Å². The summed E-state index contributed by atoms with van der Waals surface area (Å²) >= 11 is 3.22. The molecule has 0 heterocycles. The van der Waals surface area contributed by atoms with Crippen LogP contribution in [0.3, 0.4) is 0 Å². The zero-order valence-electron chi connectivity index (χ0n) is 12.1. The molecule has 22 heavy (non-hydrogen) atoms. The van der Waals surface area contributed by atoms with Gasteiger partial charge in [0.2, 0.25) is 0 Å². The first-order chi connectivity index (χ1) is 10.4. The molecule has 7 nitrogen and oxygen atoms in total. The molecule has 1 aromatic rings. The Kier molecular flexibility index (Phi) is 6.58. The molecule has 0 fully saturated rings. The average Bonchev–Trinajstić information content (AvgIpc) is 2.54. The lowest BCUT2D eigenvalue weighted by molar-refractivity contribution is -0.138. The second-order valence-corrected chi connectivity index (χ2v) is 4.74. The first kappa shape index (κ1) is 17.7. The lowest BCUT2D eigenvalue weighted by Gasteiger charge is -2.11. The van der Waals surface area contributed by atoms with E-state index < -0.39 is 17.9 Å². The Bertz CT molecular complexity index is 626. The summed E-state index contributed by atoms with van der Waals surface area (Å²) in [5.74, 6) is -2.03. The van der Waals surface area contributed by atoms with Gasteiger partial charge in [0.1, 0.15) is 5.70 Å². The van der Waals surface area contributed by atoms with Crippen molar-refractivity contribution in [3.8, 4) is 0 Å². The molecule has 0 atom stereocenters. The lowest BCUT2D eigenvalue weighted by Crippen LogP contribution is -2.16. The summed E-state index contributed by atoms with van der Waals surface area (Å²) in [5, 5.41) is 2.70. The molecule has 0 saturated heterocycles. The van der Waals surface area contributed by atoms with E-state index in [0.29, 0.717) is 10.2 Å². The standard InChI is InChI=1S/C14H14BrNO6/c1-20-12(17)7-11(14(19)22-3)16-8-4-5-10(15)9(6-8)13(18)21-2/h4-7,16H,1-3H3/b11-7+. The van der Waals surface area contributed by atoms with E-state index in [1.54, 1.807) is 12.1 Å². The number of nitrogens with one attached hydrogen (secondary N) is 1. The Labute approximate surface area is 135 Å². The van der Waals surface area contributed by atoms with Crippen molar-refractivity contribution in [3.63, 3.8) is 0 Å². The summed E-state index contributed by atoms with van der Waals surface area (Å²) in [4.78, 5) is 34.6. The third kappa shape index (κ3) is 4.59. The SMILES string of the molecule is COC(=O)/C=C(/Nc1ccc(Br)c(C(=O)OC)c1)C(=O)OC. The Morgan fingerprint density at radius 3 is 2.32 bits per heavy atom. The van der Waals surface area contributed by atoms with Crippen molar-refractivity contribution >= 4 is 39.5 Å². The van der Waals surface area contributed by atoms with Crippen molar-refractivity contribution in [3.05, 3.63) is 40.0 Å². The molecule has 0 unspecified atom stereocenters. The van der Waals surface area contributed by atoms with E-state index in [9.17, 15) is 14.4 Å². The molecule has 0 bridgehead atoms. The van der Waals surface area contributed by atoms with E-state index in [1.807, 2.05) is 0 Å². The summed E-state index contributed by atoms with van der Waals surface area (Å²) in [6, 6.07) is 4.66. The highest BCUT2D eigenvalue weighted by Gasteiger charge is 2.15. The Morgan fingerprint density at radius 2 is 1.77 bits per heavy atom. The van der Waals surface area contributed by atoms with Gasteiger partial charge in [-0.05, 0) is 34.1 Å². The first-order valence-corrected chi connectivity index (χ1v) is 6.75. The fourth-order valence-electron chi connectivity index (χ4n) is 1.46. The van der Waals surface area contributed by atoms with Crippen LogP contribution < -0.4 is 5.32 Å². The van der Waals surface area contributed by atoms with Gasteiger partial charge in [0.15, 0.2) is 0 Å². The first-order valence-electron chi connectivity index (χ1n) is 5.95. The smallest absolute Gasteiger partial charge is 0.354 e. The zero-order valence-corrected chi connectivity index (χ0v) is 13.7. The van der Waals surface area contributed by atoms with Gasteiger partial charge in [-0.15, -0.1) is 0 Å². The number of hydrogen-bond acceptors (Lipinski definition) is 7. The third-order valence-corrected chi connectivity index (χ3v) is 3.21. The maximum Gasteiger partial charge on any atom is 0.354 e. The summed E-state index contributed by atoms with van der Waals surface area (Å²) < 4.78 is 14.2. The molecule has 0 aliphatic heterocycles. The molecular formula is C14H14BrNO6. The predicted molar refractivity (Wildman–Crippen MR) is 81.2 cm³/mol. The molecule has 0 amide bonds. The van der Waals surface area contributed by atoms with Crippen LogP contribution in [0, 0.1) is 0 Å². The van der Waals surface area contributed by atoms with E-state index in [4.69, 9.17) is 0 Å². The van der Waals surface area contributed by atoms with Gasteiger partial charge in [-0.2, -0.15) is 0 Å². The number of methoxy groups -OCH3 is 3. The van der Waals surface area contributed by atoms with Gasteiger partial charge in [-0.3, -0.25) is 0 Å². The number of halogens is 1. The molecule has 0 spiro atoms. The van der Waals surface area contributed by atoms with Gasteiger partial charge < -0.3 is 19.5 Å². The predicted octanol–water partition coefficient (Wildman–Crippen LogP) is 1.88. The van der Waals surface area contributed by atoms with Crippen LogP contribution in [0.25, 0.3) is 0 Å². The van der Waals surface area contributed by atoms with Crippen molar-refractivity contribution in [2.45, 2.75) is 0 Å². The average molecular weight is 372 g/mol.